The fourth-order valence-electron chi connectivity index (χ4n) is 4.78. The van der Waals surface area contributed by atoms with Crippen molar-refractivity contribution in [2.75, 3.05) is 18.0 Å². The van der Waals surface area contributed by atoms with Crippen molar-refractivity contribution in [3.05, 3.63) is 65.4 Å². The number of primary amides is 1. The minimum Gasteiger partial charge on any atom is -0.369 e. The Morgan fingerprint density at radius 2 is 1.71 bits per heavy atom. The van der Waals surface area contributed by atoms with Crippen LogP contribution in [0.15, 0.2) is 42.6 Å². The van der Waals surface area contributed by atoms with Gasteiger partial charge in [-0.05, 0) is 61.2 Å². The Morgan fingerprint density at radius 1 is 1.03 bits per heavy atom. The molecule has 1 fully saturated rings. The quantitative estimate of drug-likeness (QED) is 0.465. The van der Waals surface area contributed by atoms with Gasteiger partial charge in [-0.15, -0.1) is 0 Å². The van der Waals surface area contributed by atoms with E-state index in [1.54, 1.807) is 17.8 Å². The van der Waals surface area contributed by atoms with Gasteiger partial charge >= 0.3 is 0 Å². The number of amides is 1. The molecular formula is C26H26F2N6O. The number of piperidine rings is 1. The zero-order chi connectivity index (χ0) is 24.9. The van der Waals surface area contributed by atoms with Gasteiger partial charge in [0.05, 0.1) is 5.69 Å². The van der Waals surface area contributed by atoms with Gasteiger partial charge in [-0.1, -0.05) is 6.07 Å². The maximum Gasteiger partial charge on any atom is 0.248 e. The standard InChI is InChI=1S/C26H26F2N6O/c1-14-7-15(10-18(27)8-14)21-13-31-26-22(23(21)34-5-3-20(29)4-6-34)32-25(33(26)2)17-9-16(24(30)35)11-19(28)12-17/h7-13,20H,3-6,29H2,1-2H3,(H2,30,35). The average molecular weight is 477 g/mol. The molecule has 0 atom stereocenters. The van der Waals surface area contributed by atoms with Crippen LogP contribution < -0.4 is 16.4 Å². The zero-order valence-corrected chi connectivity index (χ0v) is 19.6. The van der Waals surface area contributed by atoms with E-state index in [1.807, 2.05) is 13.0 Å². The minimum absolute atomic E-state index is 0.0566. The summed E-state index contributed by atoms with van der Waals surface area (Å²) >= 11 is 0. The second-order valence-corrected chi connectivity index (χ2v) is 9.12. The molecule has 0 radical (unpaired) electrons. The highest BCUT2D eigenvalue weighted by atomic mass is 19.1. The Bertz CT molecular complexity index is 1440. The number of aryl methyl sites for hydroxylation is 2. The number of pyridine rings is 1. The molecule has 0 saturated carbocycles. The molecule has 2 aromatic carbocycles. The van der Waals surface area contributed by atoms with Crippen molar-refractivity contribution in [2.45, 2.75) is 25.8 Å². The fraction of sp³-hybridized carbons (Fsp3) is 0.269. The molecule has 0 unspecified atom stereocenters. The summed E-state index contributed by atoms with van der Waals surface area (Å²) in [6, 6.07) is 8.94. The van der Waals surface area contributed by atoms with Crippen molar-refractivity contribution < 1.29 is 13.6 Å². The number of benzene rings is 2. The van der Waals surface area contributed by atoms with Crippen molar-refractivity contribution in [3.63, 3.8) is 0 Å². The van der Waals surface area contributed by atoms with Crippen molar-refractivity contribution in [1.82, 2.24) is 14.5 Å². The molecule has 1 saturated heterocycles. The van der Waals surface area contributed by atoms with Gasteiger partial charge in [-0.2, -0.15) is 0 Å². The van der Waals surface area contributed by atoms with Gasteiger partial charge in [-0.3, -0.25) is 4.79 Å². The van der Waals surface area contributed by atoms with Gasteiger partial charge in [0.2, 0.25) is 5.91 Å². The topological polar surface area (TPSA) is 103 Å². The van der Waals surface area contributed by atoms with Crippen LogP contribution in [0, 0.1) is 18.6 Å². The molecule has 4 aromatic rings. The Morgan fingerprint density at radius 3 is 2.40 bits per heavy atom. The summed E-state index contributed by atoms with van der Waals surface area (Å²) in [6.07, 6.45) is 3.36. The van der Waals surface area contributed by atoms with E-state index in [0.29, 0.717) is 28.1 Å². The highest BCUT2D eigenvalue weighted by Gasteiger charge is 2.26. The number of nitrogens with zero attached hydrogens (tertiary/aromatic N) is 4. The fourth-order valence-corrected chi connectivity index (χ4v) is 4.78. The van der Waals surface area contributed by atoms with Crippen molar-refractivity contribution >= 4 is 22.8 Å². The first-order valence-electron chi connectivity index (χ1n) is 11.5. The van der Waals surface area contributed by atoms with Gasteiger partial charge in [0.1, 0.15) is 23.0 Å². The number of nitrogens with two attached hydrogens (primary N) is 2. The van der Waals surface area contributed by atoms with E-state index < -0.39 is 11.7 Å². The number of aromatic nitrogens is 3. The third kappa shape index (κ3) is 4.23. The third-order valence-corrected chi connectivity index (χ3v) is 6.51. The highest BCUT2D eigenvalue weighted by Crippen LogP contribution is 2.39. The number of hydrogen-bond donors (Lipinski definition) is 2. The van der Waals surface area contributed by atoms with E-state index in [9.17, 15) is 13.6 Å². The Labute approximate surface area is 201 Å². The zero-order valence-electron chi connectivity index (χ0n) is 19.6. The SMILES string of the molecule is Cc1cc(F)cc(-c2cnc3c(nc(-c4cc(F)cc(C(N)=O)c4)n3C)c2N2CCC(N)CC2)c1. The molecule has 3 heterocycles. The smallest absolute Gasteiger partial charge is 0.248 e. The van der Waals surface area contributed by atoms with Crippen LogP contribution in [-0.4, -0.2) is 39.6 Å². The van der Waals surface area contributed by atoms with Crippen LogP contribution in [0.2, 0.25) is 0 Å². The van der Waals surface area contributed by atoms with E-state index in [1.165, 1.54) is 24.3 Å². The van der Waals surface area contributed by atoms with Gasteiger partial charge in [0.25, 0.3) is 0 Å². The van der Waals surface area contributed by atoms with Crippen LogP contribution in [0.4, 0.5) is 14.5 Å². The van der Waals surface area contributed by atoms with Crippen molar-refractivity contribution in [3.8, 4) is 22.5 Å². The average Bonchev–Trinajstić information content (AvgIpc) is 3.14. The van der Waals surface area contributed by atoms with Crippen LogP contribution in [0.1, 0.15) is 28.8 Å². The first-order valence-corrected chi connectivity index (χ1v) is 11.5. The van der Waals surface area contributed by atoms with Crippen molar-refractivity contribution in [2.24, 2.45) is 18.5 Å². The predicted molar refractivity (Wildman–Crippen MR) is 132 cm³/mol. The van der Waals surface area contributed by atoms with Crippen LogP contribution in [0.3, 0.4) is 0 Å². The molecule has 0 spiro atoms. The number of carbonyl (C=O) groups is 1. The molecule has 1 aliphatic rings. The Balaban J connectivity index is 1.76. The number of carbonyl (C=O) groups excluding carboxylic acids is 1. The molecule has 4 N–H and O–H groups in total. The van der Waals surface area contributed by atoms with Crippen LogP contribution in [0.5, 0.6) is 0 Å². The second-order valence-electron chi connectivity index (χ2n) is 9.12. The number of halogens is 2. The summed E-state index contributed by atoms with van der Waals surface area (Å²) in [5.74, 6) is -1.20. The lowest BCUT2D eigenvalue weighted by atomic mass is 9.99. The van der Waals surface area contributed by atoms with Gasteiger partial charge in [0, 0.05) is 49.1 Å². The molecule has 5 rings (SSSR count). The van der Waals surface area contributed by atoms with Crippen LogP contribution in [-0.2, 0) is 7.05 Å². The monoisotopic (exact) mass is 476 g/mol. The van der Waals surface area contributed by atoms with Gasteiger partial charge < -0.3 is 20.9 Å². The Kier molecular flexibility index (Phi) is 5.72. The lowest BCUT2D eigenvalue weighted by Crippen LogP contribution is -2.40. The molecule has 7 nitrogen and oxygen atoms in total. The molecule has 0 bridgehead atoms. The third-order valence-electron chi connectivity index (χ3n) is 6.51. The summed E-state index contributed by atoms with van der Waals surface area (Å²) in [4.78, 5) is 23.4. The lowest BCUT2D eigenvalue weighted by Gasteiger charge is -2.33. The number of anilines is 1. The number of hydrogen-bond acceptors (Lipinski definition) is 5. The van der Waals surface area contributed by atoms with E-state index in [2.05, 4.69) is 9.88 Å². The summed E-state index contributed by atoms with van der Waals surface area (Å²) in [5.41, 5.74) is 16.3. The maximum absolute atomic E-state index is 14.3. The highest BCUT2D eigenvalue weighted by molar-refractivity contribution is 5.98. The number of fused-ring (bicyclic) bond motifs is 1. The summed E-state index contributed by atoms with van der Waals surface area (Å²) in [6.45, 7) is 3.29. The second kappa shape index (κ2) is 8.74. The molecule has 1 amide bonds. The van der Waals surface area contributed by atoms with Crippen LogP contribution in [0.25, 0.3) is 33.7 Å². The first-order chi connectivity index (χ1) is 16.7. The maximum atomic E-state index is 14.3. The van der Waals surface area contributed by atoms with E-state index in [4.69, 9.17) is 16.5 Å². The van der Waals surface area contributed by atoms with E-state index >= 15 is 0 Å². The van der Waals surface area contributed by atoms with Crippen molar-refractivity contribution in [1.29, 1.82) is 0 Å². The van der Waals surface area contributed by atoms with Gasteiger partial charge in [-0.25, -0.2) is 18.7 Å². The molecule has 35 heavy (non-hydrogen) atoms. The molecular weight excluding hydrogens is 450 g/mol. The van der Waals surface area contributed by atoms with Gasteiger partial charge in [0.15, 0.2) is 5.65 Å². The Hall–Kier alpha value is -3.85. The molecule has 1 aliphatic heterocycles. The first kappa shape index (κ1) is 22.9. The number of imidazole rings is 1. The molecule has 180 valence electrons. The largest absolute Gasteiger partial charge is 0.369 e. The number of rotatable bonds is 4. The van der Waals surface area contributed by atoms with E-state index in [-0.39, 0.29) is 17.4 Å². The molecule has 9 heteroatoms. The molecule has 2 aromatic heterocycles. The van der Waals surface area contributed by atoms with Crippen LogP contribution >= 0.6 is 0 Å². The van der Waals surface area contributed by atoms with E-state index in [0.717, 1.165) is 48.8 Å². The summed E-state index contributed by atoms with van der Waals surface area (Å²) < 4.78 is 30.4. The lowest BCUT2D eigenvalue weighted by molar-refractivity contribution is 0.1000. The summed E-state index contributed by atoms with van der Waals surface area (Å²) in [5, 5.41) is 0. The predicted octanol–water partition coefficient (Wildman–Crippen LogP) is 3.92. The summed E-state index contributed by atoms with van der Waals surface area (Å²) in [7, 11) is 1.79. The normalized spacial score (nSPS) is 14.6. The minimum atomic E-state index is -0.725. The molecule has 0 aliphatic carbocycles.